The van der Waals surface area contributed by atoms with E-state index in [2.05, 4.69) is 0 Å². The molecule has 1 aliphatic carbocycles. The number of rotatable bonds is 5. The normalized spacial score (nSPS) is 17.6. The number of aliphatic hydroxyl groups is 2. The first kappa shape index (κ1) is 14.1. The Bertz CT molecular complexity index is 434. The molecule has 1 amide bonds. The van der Waals surface area contributed by atoms with E-state index in [1.807, 2.05) is 0 Å². The lowest BCUT2D eigenvalue weighted by Gasteiger charge is -2.25. The van der Waals surface area contributed by atoms with Crippen LogP contribution in [-0.4, -0.2) is 40.2 Å². The van der Waals surface area contributed by atoms with Crippen LogP contribution in [-0.2, 0) is 6.61 Å². The molecule has 0 aliphatic heterocycles. The maximum absolute atomic E-state index is 12.1. The van der Waals surface area contributed by atoms with Gasteiger partial charge >= 0.3 is 0 Å². The number of carbonyl (C=O) groups is 1. The molecule has 0 saturated heterocycles. The summed E-state index contributed by atoms with van der Waals surface area (Å²) in [5, 5.41) is 19.1. The fourth-order valence-electron chi connectivity index (χ4n) is 2.53. The van der Waals surface area contributed by atoms with Crippen molar-refractivity contribution in [3.05, 3.63) is 23.7 Å². The number of carbonyl (C=O) groups excluding carboxylic acids is 1. The molecule has 1 saturated carbocycles. The van der Waals surface area contributed by atoms with Crippen LogP contribution in [0.5, 0.6) is 0 Å². The van der Waals surface area contributed by atoms with Crippen LogP contribution in [0.3, 0.4) is 0 Å². The maximum Gasteiger partial charge on any atom is 0.289 e. The van der Waals surface area contributed by atoms with Crippen molar-refractivity contribution in [3.8, 4) is 0 Å². The van der Waals surface area contributed by atoms with E-state index in [1.165, 1.54) is 0 Å². The van der Waals surface area contributed by atoms with Crippen molar-refractivity contribution in [2.75, 3.05) is 13.6 Å². The first-order chi connectivity index (χ1) is 9.04. The average Bonchev–Trinajstić information content (AvgIpc) is 3.04. The Balaban J connectivity index is 1.88. The van der Waals surface area contributed by atoms with Gasteiger partial charge in [0.25, 0.3) is 5.91 Å². The first-order valence-electron chi connectivity index (χ1n) is 6.71. The van der Waals surface area contributed by atoms with Crippen molar-refractivity contribution >= 4 is 5.91 Å². The zero-order valence-corrected chi connectivity index (χ0v) is 11.3. The molecule has 2 N–H and O–H groups in total. The minimum atomic E-state index is -0.603. The number of amides is 1. The Morgan fingerprint density at radius 1 is 1.42 bits per heavy atom. The van der Waals surface area contributed by atoms with Gasteiger partial charge in [0.05, 0.1) is 5.60 Å². The minimum Gasteiger partial charge on any atom is -0.453 e. The van der Waals surface area contributed by atoms with E-state index < -0.39 is 5.60 Å². The molecule has 19 heavy (non-hydrogen) atoms. The van der Waals surface area contributed by atoms with Crippen LogP contribution >= 0.6 is 0 Å². The molecule has 5 nitrogen and oxygen atoms in total. The van der Waals surface area contributed by atoms with E-state index in [-0.39, 0.29) is 18.3 Å². The van der Waals surface area contributed by atoms with E-state index in [0.717, 1.165) is 25.7 Å². The van der Waals surface area contributed by atoms with Gasteiger partial charge in [-0.2, -0.15) is 0 Å². The fraction of sp³-hybridized carbons (Fsp3) is 0.643. The highest BCUT2D eigenvalue weighted by molar-refractivity contribution is 5.91. The zero-order chi connectivity index (χ0) is 13.9. The number of nitrogens with zero attached hydrogens (tertiary/aromatic N) is 1. The molecule has 0 unspecified atom stereocenters. The van der Waals surface area contributed by atoms with Crippen molar-refractivity contribution in [1.29, 1.82) is 0 Å². The highest BCUT2D eigenvalue weighted by atomic mass is 16.4. The largest absolute Gasteiger partial charge is 0.453 e. The molecule has 1 aromatic rings. The van der Waals surface area contributed by atoms with Crippen LogP contribution in [0.4, 0.5) is 0 Å². The summed E-state index contributed by atoms with van der Waals surface area (Å²) in [6, 6.07) is 3.15. The lowest BCUT2D eigenvalue weighted by Crippen LogP contribution is -2.34. The van der Waals surface area contributed by atoms with Gasteiger partial charge in [-0.3, -0.25) is 4.79 Å². The van der Waals surface area contributed by atoms with Gasteiger partial charge in [-0.1, -0.05) is 12.8 Å². The number of aliphatic hydroxyl groups excluding tert-OH is 1. The first-order valence-corrected chi connectivity index (χ1v) is 6.71. The molecular weight excluding hydrogens is 246 g/mol. The molecular formula is C14H21NO4. The van der Waals surface area contributed by atoms with Gasteiger partial charge in [-0.15, -0.1) is 0 Å². The third-order valence-corrected chi connectivity index (χ3v) is 3.82. The van der Waals surface area contributed by atoms with Gasteiger partial charge in [0.15, 0.2) is 5.76 Å². The number of hydrogen-bond donors (Lipinski definition) is 2. The summed E-state index contributed by atoms with van der Waals surface area (Å²) in [5.74, 6) is 0.387. The van der Waals surface area contributed by atoms with Gasteiger partial charge in [-0.05, 0) is 31.4 Å². The van der Waals surface area contributed by atoms with Gasteiger partial charge in [-0.25, -0.2) is 0 Å². The van der Waals surface area contributed by atoms with Crippen molar-refractivity contribution in [2.45, 2.75) is 44.3 Å². The predicted octanol–water partition coefficient (Wildman–Crippen LogP) is 1.54. The van der Waals surface area contributed by atoms with E-state index in [4.69, 9.17) is 9.52 Å². The number of hydrogen-bond acceptors (Lipinski definition) is 4. The molecule has 0 aromatic carbocycles. The molecule has 0 radical (unpaired) electrons. The lowest BCUT2D eigenvalue weighted by molar-refractivity contribution is 0.0290. The Kier molecular flexibility index (Phi) is 4.27. The van der Waals surface area contributed by atoms with Gasteiger partial charge in [0, 0.05) is 13.6 Å². The van der Waals surface area contributed by atoms with Crippen LogP contribution in [0.1, 0.15) is 48.4 Å². The summed E-state index contributed by atoms with van der Waals surface area (Å²) in [6.45, 7) is 0.293. The Hall–Kier alpha value is -1.33. The van der Waals surface area contributed by atoms with Gasteiger partial charge in [0.1, 0.15) is 12.4 Å². The molecule has 1 heterocycles. The molecule has 1 aromatic heterocycles. The predicted molar refractivity (Wildman–Crippen MR) is 69.6 cm³/mol. The second-order valence-corrected chi connectivity index (χ2v) is 5.33. The Morgan fingerprint density at radius 3 is 2.68 bits per heavy atom. The van der Waals surface area contributed by atoms with Gasteiger partial charge in [0.2, 0.25) is 0 Å². The quantitative estimate of drug-likeness (QED) is 0.848. The van der Waals surface area contributed by atoms with Crippen LogP contribution in [0.25, 0.3) is 0 Å². The molecule has 0 atom stereocenters. The van der Waals surface area contributed by atoms with Crippen molar-refractivity contribution in [3.63, 3.8) is 0 Å². The van der Waals surface area contributed by atoms with Crippen LogP contribution in [0.15, 0.2) is 16.5 Å². The van der Waals surface area contributed by atoms with Crippen molar-refractivity contribution in [1.82, 2.24) is 4.90 Å². The summed E-state index contributed by atoms with van der Waals surface area (Å²) in [5.41, 5.74) is -0.603. The Morgan fingerprint density at radius 2 is 2.11 bits per heavy atom. The van der Waals surface area contributed by atoms with Crippen molar-refractivity contribution < 1.29 is 19.4 Å². The fourth-order valence-corrected chi connectivity index (χ4v) is 2.53. The molecule has 1 aliphatic rings. The number of furan rings is 1. The molecule has 0 bridgehead atoms. The second kappa shape index (κ2) is 5.75. The summed E-state index contributed by atoms with van der Waals surface area (Å²) in [7, 11) is 1.70. The van der Waals surface area contributed by atoms with Gasteiger partial charge < -0.3 is 19.5 Å². The highest BCUT2D eigenvalue weighted by Crippen LogP contribution is 2.32. The third kappa shape index (κ3) is 3.36. The lowest BCUT2D eigenvalue weighted by atomic mass is 9.98. The van der Waals surface area contributed by atoms with E-state index in [0.29, 0.717) is 18.7 Å². The second-order valence-electron chi connectivity index (χ2n) is 5.33. The minimum absolute atomic E-state index is 0.212. The smallest absolute Gasteiger partial charge is 0.289 e. The summed E-state index contributed by atoms with van der Waals surface area (Å²) < 4.78 is 5.21. The zero-order valence-electron chi connectivity index (χ0n) is 11.3. The van der Waals surface area contributed by atoms with E-state index in [9.17, 15) is 9.90 Å². The van der Waals surface area contributed by atoms with Crippen LogP contribution < -0.4 is 0 Å². The Labute approximate surface area is 112 Å². The molecule has 1 fully saturated rings. The molecule has 2 rings (SSSR count). The average molecular weight is 267 g/mol. The van der Waals surface area contributed by atoms with Crippen LogP contribution in [0.2, 0.25) is 0 Å². The summed E-state index contributed by atoms with van der Waals surface area (Å²) in [6.07, 6.45) is 4.37. The standard InChI is InChI=1S/C14H21NO4/c1-15(9-8-14(18)6-2-3-7-14)13(17)12-5-4-11(10-16)19-12/h4-5,16,18H,2-3,6-10H2,1H3. The van der Waals surface area contributed by atoms with Crippen LogP contribution in [0, 0.1) is 0 Å². The molecule has 0 spiro atoms. The maximum atomic E-state index is 12.1. The summed E-state index contributed by atoms with van der Waals surface area (Å²) in [4.78, 5) is 13.6. The summed E-state index contributed by atoms with van der Waals surface area (Å²) >= 11 is 0. The molecule has 106 valence electrons. The molecule has 5 heteroatoms. The monoisotopic (exact) mass is 267 g/mol. The van der Waals surface area contributed by atoms with E-state index >= 15 is 0 Å². The third-order valence-electron chi connectivity index (χ3n) is 3.82. The topological polar surface area (TPSA) is 73.9 Å². The SMILES string of the molecule is CN(CCC1(O)CCCC1)C(=O)c1ccc(CO)o1. The van der Waals surface area contributed by atoms with E-state index in [1.54, 1.807) is 24.1 Å². The highest BCUT2D eigenvalue weighted by Gasteiger charge is 2.31. The van der Waals surface area contributed by atoms with Crippen molar-refractivity contribution in [2.24, 2.45) is 0 Å².